The van der Waals surface area contributed by atoms with E-state index in [1.165, 1.54) is 6.33 Å². The Labute approximate surface area is 208 Å². The van der Waals surface area contributed by atoms with Crippen LogP contribution in [-0.4, -0.2) is 57.4 Å². The number of fused-ring (bicyclic) bond motifs is 1. The Balaban J connectivity index is 1.32. The number of aromatic nitrogens is 2. The highest BCUT2D eigenvalue weighted by molar-refractivity contribution is 6.07. The van der Waals surface area contributed by atoms with Crippen LogP contribution >= 0.6 is 0 Å². The maximum atomic E-state index is 13.7. The van der Waals surface area contributed by atoms with Crippen molar-refractivity contribution >= 4 is 17.7 Å². The summed E-state index contributed by atoms with van der Waals surface area (Å²) in [6, 6.07) is 11.0. The number of furan rings is 1. The van der Waals surface area contributed by atoms with Crippen molar-refractivity contribution in [1.29, 1.82) is 0 Å². The highest BCUT2D eigenvalue weighted by atomic mass is 16.5. The molecule has 1 aliphatic carbocycles. The first-order valence-electron chi connectivity index (χ1n) is 12.0. The van der Waals surface area contributed by atoms with E-state index in [4.69, 9.17) is 9.15 Å². The van der Waals surface area contributed by atoms with Crippen molar-refractivity contribution in [3.05, 3.63) is 71.7 Å². The second-order valence-corrected chi connectivity index (χ2v) is 9.37. The highest BCUT2D eigenvalue weighted by Gasteiger charge is 2.53. The molecule has 10 nitrogen and oxygen atoms in total. The van der Waals surface area contributed by atoms with Gasteiger partial charge < -0.3 is 29.3 Å². The number of ether oxygens (including phenoxy) is 1. The molecule has 0 saturated heterocycles. The summed E-state index contributed by atoms with van der Waals surface area (Å²) in [5, 5.41) is 5.80. The van der Waals surface area contributed by atoms with E-state index in [1.807, 2.05) is 30.3 Å². The zero-order valence-corrected chi connectivity index (χ0v) is 20.3. The molecule has 5 rings (SSSR count). The largest absolute Gasteiger partial charge is 0.497 e. The molecule has 10 heteroatoms. The molecular weight excluding hydrogens is 462 g/mol. The van der Waals surface area contributed by atoms with Crippen LogP contribution in [0.5, 0.6) is 5.75 Å². The Morgan fingerprint density at radius 1 is 1.19 bits per heavy atom. The molecule has 188 valence electrons. The molecule has 1 aromatic carbocycles. The molecule has 36 heavy (non-hydrogen) atoms. The summed E-state index contributed by atoms with van der Waals surface area (Å²) in [6.45, 7) is 2.67. The van der Waals surface area contributed by atoms with Crippen LogP contribution in [0.1, 0.15) is 52.1 Å². The third kappa shape index (κ3) is 4.46. The smallest absolute Gasteiger partial charge is 0.274 e. The van der Waals surface area contributed by atoms with E-state index in [2.05, 4.69) is 15.6 Å². The van der Waals surface area contributed by atoms with Crippen LogP contribution in [-0.2, 0) is 24.3 Å². The summed E-state index contributed by atoms with van der Waals surface area (Å²) >= 11 is 0. The summed E-state index contributed by atoms with van der Waals surface area (Å²) in [4.78, 5) is 45.9. The van der Waals surface area contributed by atoms with Crippen LogP contribution in [0.4, 0.5) is 0 Å². The number of amides is 3. The molecule has 3 aromatic rings. The van der Waals surface area contributed by atoms with Gasteiger partial charge in [0.15, 0.2) is 5.69 Å². The summed E-state index contributed by atoms with van der Waals surface area (Å²) in [5.74, 6) is 0.478. The van der Waals surface area contributed by atoms with Gasteiger partial charge in [-0.05, 0) is 49.6 Å². The fraction of sp³-hybridized carbons (Fsp3) is 0.385. The lowest BCUT2D eigenvalue weighted by molar-refractivity contribution is -0.133. The lowest BCUT2D eigenvalue weighted by Crippen LogP contribution is -2.64. The Hall–Kier alpha value is -4.08. The predicted molar refractivity (Wildman–Crippen MR) is 129 cm³/mol. The molecule has 0 bridgehead atoms. The van der Waals surface area contributed by atoms with Crippen molar-refractivity contribution in [2.75, 3.05) is 13.7 Å². The summed E-state index contributed by atoms with van der Waals surface area (Å²) in [7, 11) is 1.60. The van der Waals surface area contributed by atoms with E-state index < -0.39 is 11.4 Å². The van der Waals surface area contributed by atoms with Crippen molar-refractivity contribution < 1.29 is 23.5 Å². The van der Waals surface area contributed by atoms with Crippen LogP contribution < -0.4 is 15.4 Å². The number of hydrogen-bond acceptors (Lipinski definition) is 6. The first-order valence-corrected chi connectivity index (χ1v) is 12.0. The molecule has 1 saturated carbocycles. The number of benzene rings is 1. The van der Waals surface area contributed by atoms with Crippen molar-refractivity contribution in [3.63, 3.8) is 0 Å². The average Bonchev–Trinajstić information content (AvgIpc) is 3.38. The maximum Gasteiger partial charge on any atom is 0.274 e. The monoisotopic (exact) mass is 491 g/mol. The molecule has 0 radical (unpaired) electrons. The maximum absolute atomic E-state index is 13.7. The number of nitrogens with one attached hydrogen (secondary N) is 2. The third-order valence-corrected chi connectivity index (χ3v) is 6.73. The lowest BCUT2D eigenvalue weighted by Gasteiger charge is -2.44. The molecule has 3 amide bonds. The molecular formula is C26H29N5O5. The normalized spacial score (nSPS) is 19.1. The van der Waals surface area contributed by atoms with Crippen LogP contribution in [0.3, 0.4) is 0 Å². The summed E-state index contributed by atoms with van der Waals surface area (Å²) < 4.78 is 12.1. The van der Waals surface area contributed by atoms with E-state index in [-0.39, 0.29) is 35.8 Å². The topological polar surface area (TPSA) is 119 Å². The quantitative estimate of drug-likeness (QED) is 0.474. The van der Waals surface area contributed by atoms with Crippen LogP contribution in [0, 0.1) is 0 Å². The fourth-order valence-corrected chi connectivity index (χ4v) is 4.68. The Morgan fingerprint density at radius 2 is 1.97 bits per heavy atom. The van der Waals surface area contributed by atoms with Crippen LogP contribution in [0.2, 0.25) is 0 Å². The molecule has 1 atom stereocenters. The predicted octanol–water partition coefficient (Wildman–Crippen LogP) is 2.15. The van der Waals surface area contributed by atoms with Gasteiger partial charge in [-0.3, -0.25) is 14.4 Å². The molecule has 2 N–H and O–H groups in total. The van der Waals surface area contributed by atoms with Crippen LogP contribution in [0.25, 0.3) is 0 Å². The van der Waals surface area contributed by atoms with Crippen molar-refractivity contribution in [2.45, 2.75) is 50.9 Å². The Morgan fingerprint density at radius 3 is 2.64 bits per heavy atom. The molecule has 3 heterocycles. The van der Waals surface area contributed by atoms with E-state index in [0.29, 0.717) is 19.5 Å². The number of rotatable bonds is 9. The molecule has 1 unspecified atom stereocenters. The number of hydrogen-bond donors (Lipinski definition) is 2. The minimum absolute atomic E-state index is 0.0345. The van der Waals surface area contributed by atoms with E-state index in [1.54, 1.807) is 35.8 Å². The highest BCUT2D eigenvalue weighted by Crippen LogP contribution is 2.38. The Bertz CT molecular complexity index is 1260. The Kier molecular flexibility index (Phi) is 6.26. The standard InChI is InChI=1S/C26H29N5O5/c1-26(25(34)28-14-17-5-9-19(35-2)10-6-17)15-30-16-29-21(22(30)24(33)31(26)18-7-8-18)23(32)27-12-11-20-4-3-13-36-20/h3-6,9-10,13,16,18H,7-8,11-12,14-15H2,1-2H3,(H,27,32)(H,28,34). The van der Waals surface area contributed by atoms with Gasteiger partial charge in [-0.25, -0.2) is 4.98 Å². The average molecular weight is 492 g/mol. The molecule has 1 fully saturated rings. The van der Waals surface area contributed by atoms with Gasteiger partial charge in [0.1, 0.15) is 22.7 Å². The van der Waals surface area contributed by atoms with E-state index in [9.17, 15) is 14.4 Å². The van der Waals surface area contributed by atoms with Crippen molar-refractivity contribution in [1.82, 2.24) is 25.1 Å². The van der Waals surface area contributed by atoms with E-state index >= 15 is 0 Å². The van der Waals surface area contributed by atoms with Gasteiger partial charge in [-0.15, -0.1) is 0 Å². The lowest BCUT2D eigenvalue weighted by atomic mass is 9.93. The number of carbonyl (C=O) groups is 3. The van der Waals surface area contributed by atoms with Gasteiger partial charge in [-0.1, -0.05) is 12.1 Å². The molecule has 2 aromatic heterocycles. The number of methoxy groups -OCH3 is 1. The molecule has 1 aliphatic heterocycles. The molecule has 2 aliphatic rings. The first-order chi connectivity index (χ1) is 17.4. The zero-order valence-electron chi connectivity index (χ0n) is 20.3. The number of carbonyl (C=O) groups excluding carboxylic acids is 3. The molecule has 0 spiro atoms. The second-order valence-electron chi connectivity index (χ2n) is 9.37. The first kappa shape index (κ1) is 23.7. The van der Waals surface area contributed by atoms with Crippen LogP contribution in [0.15, 0.2) is 53.4 Å². The van der Waals surface area contributed by atoms with Crippen molar-refractivity contribution in [2.24, 2.45) is 0 Å². The van der Waals surface area contributed by atoms with Gasteiger partial charge in [-0.2, -0.15) is 0 Å². The SMILES string of the molecule is COc1ccc(CNC(=O)C2(C)Cn3cnc(C(=O)NCCc4ccco4)c3C(=O)N2C2CC2)cc1. The summed E-state index contributed by atoms with van der Waals surface area (Å²) in [6.07, 6.45) is 5.23. The zero-order chi connectivity index (χ0) is 25.3. The number of imidazole rings is 1. The second kappa shape index (κ2) is 9.52. The fourth-order valence-electron chi connectivity index (χ4n) is 4.68. The number of nitrogens with zero attached hydrogens (tertiary/aromatic N) is 3. The third-order valence-electron chi connectivity index (χ3n) is 6.73. The summed E-state index contributed by atoms with van der Waals surface area (Å²) in [5.41, 5.74) is 0.110. The van der Waals surface area contributed by atoms with Gasteiger partial charge >= 0.3 is 0 Å². The minimum Gasteiger partial charge on any atom is -0.497 e. The van der Waals surface area contributed by atoms with E-state index in [0.717, 1.165) is 29.9 Å². The van der Waals surface area contributed by atoms with Gasteiger partial charge in [0, 0.05) is 25.6 Å². The van der Waals surface area contributed by atoms with Crippen molar-refractivity contribution in [3.8, 4) is 5.75 Å². The minimum atomic E-state index is -1.11. The van der Waals surface area contributed by atoms with Gasteiger partial charge in [0.25, 0.3) is 11.8 Å². The van der Waals surface area contributed by atoms with Gasteiger partial charge in [0.05, 0.1) is 26.2 Å². The van der Waals surface area contributed by atoms with Gasteiger partial charge in [0.2, 0.25) is 5.91 Å².